The van der Waals surface area contributed by atoms with Crippen LogP contribution >= 0.6 is 0 Å². The molecule has 0 spiro atoms. The SMILES string of the molecule is COc1cccc2oc(C(=O)O)c(C(C)C)c12. The number of carboxylic acid groups (broad SMARTS) is 1. The van der Waals surface area contributed by atoms with Crippen molar-refractivity contribution in [2.75, 3.05) is 7.11 Å². The summed E-state index contributed by atoms with van der Waals surface area (Å²) in [7, 11) is 1.56. The number of methoxy groups -OCH3 is 1. The Morgan fingerprint density at radius 2 is 2.12 bits per heavy atom. The van der Waals surface area contributed by atoms with E-state index in [9.17, 15) is 4.79 Å². The maximum atomic E-state index is 11.2. The van der Waals surface area contributed by atoms with Gasteiger partial charge in [-0.25, -0.2) is 4.79 Å². The molecule has 0 amide bonds. The third-order valence-electron chi connectivity index (χ3n) is 2.71. The Labute approximate surface area is 98.8 Å². The molecule has 0 saturated carbocycles. The molecule has 2 aromatic rings. The Bertz CT molecular complexity index is 566. The lowest BCUT2D eigenvalue weighted by Gasteiger charge is -2.06. The zero-order valence-corrected chi connectivity index (χ0v) is 9.98. The molecule has 0 aliphatic rings. The Morgan fingerprint density at radius 3 is 2.65 bits per heavy atom. The largest absolute Gasteiger partial charge is 0.496 e. The van der Waals surface area contributed by atoms with Crippen molar-refractivity contribution in [1.29, 1.82) is 0 Å². The van der Waals surface area contributed by atoms with Crippen LogP contribution in [0.5, 0.6) is 5.75 Å². The molecular weight excluding hydrogens is 220 g/mol. The number of benzene rings is 1. The van der Waals surface area contributed by atoms with Gasteiger partial charge in [-0.1, -0.05) is 19.9 Å². The van der Waals surface area contributed by atoms with E-state index in [0.29, 0.717) is 16.9 Å². The van der Waals surface area contributed by atoms with Crippen molar-refractivity contribution >= 4 is 16.9 Å². The summed E-state index contributed by atoms with van der Waals surface area (Å²) in [5.74, 6) is -0.354. The summed E-state index contributed by atoms with van der Waals surface area (Å²) >= 11 is 0. The zero-order chi connectivity index (χ0) is 12.6. The minimum atomic E-state index is -1.05. The van der Waals surface area contributed by atoms with Crippen LogP contribution in [-0.2, 0) is 0 Å². The molecule has 4 heteroatoms. The quantitative estimate of drug-likeness (QED) is 0.885. The number of carboxylic acids is 1. The van der Waals surface area contributed by atoms with Crippen LogP contribution in [-0.4, -0.2) is 18.2 Å². The Balaban J connectivity index is 2.86. The molecule has 0 aliphatic carbocycles. The molecule has 1 aromatic heterocycles. The topological polar surface area (TPSA) is 59.7 Å². The van der Waals surface area contributed by atoms with Crippen LogP contribution in [0.4, 0.5) is 0 Å². The van der Waals surface area contributed by atoms with Gasteiger partial charge in [-0.2, -0.15) is 0 Å². The summed E-state index contributed by atoms with van der Waals surface area (Å²) in [6.07, 6.45) is 0. The predicted molar refractivity (Wildman–Crippen MR) is 63.8 cm³/mol. The summed E-state index contributed by atoms with van der Waals surface area (Å²) in [5, 5.41) is 9.90. The number of hydrogen-bond donors (Lipinski definition) is 1. The number of fused-ring (bicyclic) bond motifs is 1. The molecule has 17 heavy (non-hydrogen) atoms. The Hall–Kier alpha value is -1.97. The van der Waals surface area contributed by atoms with Crippen molar-refractivity contribution in [3.63, 3.8) is 0 Å². The number of carbonyl (C=O) groups is 1. The monoisotopic (exact) mass is 234 g/mol. The van der Waals surface area contributed by atoms with E-state index in [2.05, 4.69) is 0 Å². The van der Waals surface area contributed by atoms with Crippen LogP contribution in [0.15, 0.2) is 22.6 Å². The lowest BCUT2D eigenvalue weighted by atomic mass is 9.99. The first-order valence-electron chi connectivity index (χ1n) is 5.39. The molecule has 90 valence electrons. The summed E-state index contributed by atoms with van der Waals surface area (Å²) in [4.78, 5) is 11.2. The van der Waals surface area contributed by atoms with Gasteiger partial charge in [0.15, 0.2) is 0 Å². The zero-order valence-electron chi connectivity index (χ0n) is 9.98. The molecule has 0 bridgehead atoms. The fourth-order valence-corrected chi connectivity index (χ4v) is 2.02. The smallest absolute Gasteiger partial charge is 0.372 e. The van der Waals surface area contributed by atoms with Gasteiger partial charge in [0.25, 0.3) is 0 Å². The van der Waals surface area contributed by atoms with Crippen LogP contribution in [0.1, 0.15) is 35.9 Å². The molecule has 1 aromatic carbocycles. The average molecular weight is 234 g/mol. The molecule has 0 radical (unpaired) electrons. The molecular formula is C13H14O4. The second-order valence-corrected chi connectivity index (χ2v) is 4.14. The summed E-state index contributed by atoms with van der Waals surface area (Å²) in [5.41, 5.74) is 1.23. The first-order chi connectivity index (χ1) is 8.06. The highest BCUT2D eigenvalue weighted by molar-refractivity contribution is 5.98. The van der Waals surface area contributed by atoms with E-state index in [1.54, 1.807) is 25.3 Å². The molecule has 4 nitrogen and oxygen atoms in total. The Kier molecular flexibility index (Phi) is 2.79. The second kappa shape index (κ2) is 4.13. The van der Waals surface area contributed by atoms with E-state index in [-0.39, 0.29) is 11.7 Å². The first kappa shape index (κ1) is 11.5. The normalized spacial score (nSPS) is 11.1. The van der Waals surface area contributed by atoms with E-state index in [0.717, 1.165) is 5.39 Å². The number of hydrogen-bond acceptors (Lipinski definition) is 3. The van der Waals surface area contributed by atoms with Gasteiger partial charge in [0, 0.05) is 5.56 Å². The van der Waals surface area contributed by atoms with Gasteiger partial charge in [0.2, 0.25) is 5.76 Å². The van der Waals surface area contributed by atoms with Crippen molar-refractivity contribution in [3.8, 4) is 5.75 Å². The van der Waals surface area contributed by atoms with Crippen LogP contribution in [0.3, 0.4) is 0 Å². The third-order valence-corrected chi connectivity index (χ3v) is 2.71. The van der Waals surface area contributed by atoms with E-state index >= 15 is 0 Å². The molecule has 0 aliphatic heterocycles. The fraction of sp³-hybridized carbons (Fsp3) is 0.308. The summed E-state index contributed by atoms with van der Waals surface area (Å²) < 4.78 is 10.6. The fourth-order valence-electron chi connectivity index (χ4n) is 2.02. The number of rotatable bonds is 3. The van der Waals surface area contributed by atoms with Crippen molar-refractivity contribution < 1.29 is 19.1 Å². The predicted octanol–water partition coefficient (Wildman–Crippen LogP) is 3.26. The standard InChI is InChI=1S/C13H14O4/c1-7(2)10-11-8(16-3)5-4-6-9(11)17-12(10)13(14)15/h4-7H,1-3H3,(H,14,15). The lowest BCUT2D eigenvalue weighted by Crippen LogP contribution is -2.00. The van der Waals surface area contributed by atoms with Crippen LogP contribution in [0, 0.1) is 0 Å². The van der Waals surface area contributed by atoms with E-state index in [1.807, 2.05) is 13.8 Å². The Morgan fingerprint density at radius 1 is 1.41 bits per heavy atom. The number of aromatic carboxylic acids is 1. The van der Waals surface area contributed by atoms with Gasteiger partial charge < -0.3 is 14.3 Å². The summed E-state index contributed by atoms with van der Waals surface area (Å²) in [6.45, 7) is 3.87. The minimum absolute atomic E-state index is 0.000463. The van der Waals surface area contributed by atoms with Crippen molar-refractivity contribution in [2.45, 2.75) is 19.8 Å². The lowest BCUT2D eigenvalue weighted by molar-refractivity contribution is 0.0663. The van der Waals surface area contributed by atoms with Gasteiger partial charge in [-0.15, -0.1) is 0 Å². The highest BCUT2D eigenvalue weighted by Gasteiger charge is 2.24. The highest BCUT2D eigenvalue weighted by Crippen LogP contribution is 2.37. The molecule has 0 saturated heterocycles. The van der Waals surface area contributed by atoms with Gasteiger partial charge in [-0.05, 0) is 18.1 Å². The van der Waals surface area contributed by atoms with E-state index < -0.39 is 5.97 Å². The van der Waals surface area contributed by atoms with Crippen LogP contribution < -0.4 is 4.74 Å². The van der Waals surface area contributed by atoms with Crippen molar-refractivity contribution in [3.05, 3.63) is 29.5 Å². The first-order valence-corrected chi connectivity index (χ1v) is 5.39. The molecule has 2 rings (SSSR count). The maximum absolute atomic E-state index is 11.2. The van der Waals surface area contributed by atoms with Crippen LogP contribution in [0.2, 0.25) is 0 Å². The van der Waals surface area contributed by atoms with Crippen LogP contribution in [0.25, 0.3) is 11.0 Å². The second-order valence-electron chi connectivity index (χ2n) is 4.14. The van der Waals surface area contributed by atoms with Gasteiger partial charge >= 0.3 is 5.97 Å². The van der Waals surface area contributed by atoms with Gasteiger partial charge in [-0.3, -0.25) is 0 Å². The van der Waals surface area contributed by atoms with E-state index in [1.165, 1.54) is 0 Å². The van der Waals surface area contributed by atoms with E-state index in [4.69, 9.17) is 14.3 Å². The average Bonchev–Trinajstić information content (AvgIpc) is 2.67. The number of furan rings is 1. The van der Waals surface area contributed by atoms with Crippen molar-refractivity contribution in [1.82, 2.24) is 0 Å². The van der Waals surface area contributed by atoms with Gasteiger partial charge in [0.05, 0.1) is 12.5 Å². The molecule has 0 fully saturated rings. The summed E-state index contributed by atoms with van der Waals surface area (Å²) in [6, 6.07) is 5.33. The number of ether oxygens (including phenoxy) is 1. The molecule has 0 atom stereocenters. The highest BCUT2D eigenvalue weighted by atomic mass is 16.5. The molecule has 0 unspecified atom stereocenters. The molecule has 1 heterocycles. The van der Waals surface area contributed by atoms with Gasteiger partial charge in [0.1, 0.15) is 11.3 Å². The molecule has 1 N–H and O–H groups in total. The maximum Gasteiger partial charge on any atom is 0.372 e. The minimum Gasteiger partial charge on any atom is -0.496 e. The third kappa shape index (κ3) is 1.75. The van der Waals surface area contributed by atoms with Crippen molar-refractivity contribution in [2.24, 2.45) is 0 Å².